The summed E-state index contributed by atoms with van der Waals surface area (Å²) in [4.78, 5) is 25.3. The van der Waals surface area contributed by atoms with Gasteiger partial charge in [0.1, 0.15) is 0 Å². The van der Waals surface area contributed by atoms with Crippen molar-refractivity contribution in [3.8, 4) is 0 Å². The lowest BCUT2D eigenvalue weighted by molar-refractivity contribution is -0.383. The maximum absolute atomic E-state index is 11.0. The fourth-order valence-corrected chi connectivity index (χ4v) is 1.84. The number of benzene rings is 1. The van der Waals surface area contributed by atoms with Gasteiger partial charge in [0.25, 0.3) is 5.69 Å². The Labute approximate surface area is 114 Å². The van der Waals surface area contributed by atoms with Gasteiger partial charge in [-0.25, -0.2) is 0 Å². The molecule has 104 valence electrons. The van der Waals surface area contributed by atoms with Gasteiger partial charge in [0.05, 0.1) is 16.2 Å². The molecule has 1 aromatic heterocycles. The van der Waals surface area contributed by atoms with E-state index < -0.39 is 16.8 Å². The predicted molar refractivity (Wildman–Crippen MR) is 73.7 cm³/mol. The van der Waals surface area contributed by atoms with E-state index in [0.29, 0.717) is 16.5 Å². The van der Waals surface area contributed by atoms with E-state index in [1.54, 1.807) is 19.1 Å². The third kappa shape index (κ3) is 2.66. The highest BCUT2D eigenvalue weighted by Crippen LogP contribution is 2.30. The van der Waals surface area contributed by atoms with E-state index >= 15 is 0 Å². The van der Waals surface area contributed by atoms with Crippen molar-refractivity contribution in [2.24, 2.45) is 5.92 Å². The van der Waals surface area contributed by atoms with Crippen molar-refractivity contribution in [2.75, 3.05) is 11.9 Å². The molecule has 0 saturated heterocycles. The van der Waals surface area contributed by atoms with Crippen molar-refractivity contribution in [1.82, 2.24) is 4.98 Å². The summed E-state index contributed by atoms with van der Waals surface area (Å²) in [6.07, 6.45) is 3.01. The van der Waals surface area contributed by atoms with E-state index in [1.807, 2.05) is 0 Å². The van der Waals surface area contributed by atoms with Crippen molar-refractivity contribution in [1.29, 1.82) is 0 Å². The van der Waals surface area contributed by atoms with Gasteiger partial charge in [-0.15, -0.1) is 0 Å². The molecule has 0 aliphatic carbocycles. The first kappa shape index (κ1) is 13.7. The van der Waals surface area contributed by atoms with Gasteiger partial charge in [0, 0.05) is 36.1 Å². The molecule has 20 heavy (non-hydrogen) atoms. The zero-order valence-corrected chi connectivity index (χ0v) is 10.7. The molecule has 2 aromatic rings. The van der Waals surface area contributed by atoms with Crippen LogP contribution >= 0.6 is 0 Å². The predicted octanol–water partition coefficient (Wildman–Crippen LogP) is 2.28. The lowest BCUT2D eigenvalue weighted by Gasteiger charge is -2.12. The van der Waals surface area contributed by atoms with Gasteiger partial charge in [0.2, 0.25) is 0 Å². The molecule has 0 bridgehead atoms. The van der Waals surface area contributed by atoms with E-state index in [0.717, 1.165) is 0 Å². The molecule has 0 fully saturated rings. The topological polar surface area (TPSA) is 105 Å². The minimum absolute atomic E-state index is 0.000710. The Morgan fingerprint density at radius 3 is 2.85 bits per heavy atom. The lowest BCUT2D eigenvalue weighted by Crippen LogP contribution is -2.19. The minimum atomic E-state index is -0.901. The highest BCUT2D eigenvalue weighted by Gasteiger charge is 2.15. The molecule has 0 amide bonds. The Bertz CT molecular complexity index is 672. The monoisotopic (exact) mass is 275 g/mol. The molecule has 1 aromatic carbocycles. The van der Waals surface area contributed by atoms with Gasteiger partial charge in [-0.2, -0.15) is 0 Å². The third-order valence-electron chi connectivity index (χ3n) is 3.01. The molecule has 1 heterocycles. The van der Waals surface area contributed by atoms with Gasteiger partial charge in [-0.3, -0.25) is 19.9 Å². The number of nitro benzene ring substituents is 1. The Hall–Kier alpha value is -2.70. The maximum atomic E-state index is 11.0. The van der Waals surface area contributed by atoms with Gasteiger partial charge >= 0.3 is 5.97 Å². The quantitative estimate of drug-likeness (QED) is 0.640. The number of carboxylic acids is 1. The highest BCUT2D eigenvalue weighted by molar-refractivity contribution is 5.99. The zero-order chi connectivity index (χ0) is 14.7. The summed E-state index contributed by atoms with van der Waals surface area (Å²) >= 11 is 0. The number of hydrogen-bond donors (Lipinski definition) is 2. The second-order valence-corrected chi connectivity index (χ2v) is 4.43. The van der Waals surface area contributed by atoms with Crippen molar-refractivity contribution >= 4 is 28.1 Å². The smallest absolute Gasteiger partial charge is 0.308 e. The van der Waals surface area contributed by atoms with Crippen molar-refractivity contribution in [2.45, 2.75) is 6.92 Å². The molecule has 0 saturated carbocycles. The molecule has 7 nitrogen and oxygen atoms in total. The second kappa shape index (κ2) is 5.52. The fourth-order valence-electron chi connectivity index (χ4n) is 1.84. The first-order valence-electron chi connectivity index (χ1n) is 5.98. The summed E-state index contributed by atoms with van der Waals surface area (Å²) < 4.78 is 0. The maximum Gasteiger partial charge on any atom is 0.308 e. The largest absolute Gasteiger partial charge is 0.481 e. The molecule has 1 unspecified atom stereocenters. The number of non-ortho nitro benzene ring substituents is 1. The number of aromatic nitrogens is 1. The standard InChI is InChI=1S/C13H13N3O4/c1-8(13(17)18)6-15-11-2-3-12(16(19)20)9-4-5-14-7-10(9)11/h2-5,7-8,15H,6H2,1H3,(H,17,18). The number of hydrogen-bond acceptors (Lipinski definition) is 5. The average Bonchev–Trinajstić information content (AvgIpc) is 2.43. The van der Waals surface area contributed by atoms with Crippen molar-refractivity contribution in [3.63, 3.8) is 0 Å². The number of anilines is 1. The van der Waals surface area contributed by atoms with Crippen LogP contribution in [0.2, 0.25) is 0 Å². The number of carbonyl (C=O) groups is 1. The van der Waals surface area contributed by atoms with E-state index in [9.17, 15) is 14.9 Å². The van der Waals surface area contributed by atoms with Gasteiger partial charge in [-0.05, 0) is 12.1 Å². The molecule has 2 N–H and O–H groups in total. The molecule has 0 aliphatic rings. The normalized spacial score (nSPS) is 12.1. The Kier molecular flexibility index (Phi) is 3.79. The average molecular weight is 275 g/mol. The SMILES string of the molecule is CC(CNc1ccc([N+](=O)[O-])c2ccncc12)C(=O)O. The first-order valence-corrected chi connectivity index (χ1v) is 5.98. The fraction of sp³-hybridized carbons (Fsp3) is 0.231. The number of nitrogens with one attached hydrogen (secondary N) is 1. The van der Waals surface area contributed by atoms with Crippen LogP contribution in [0.4, 0.5) is 11.4 Å². The highest BCUT2D eigenvalue weighted by atomic mass is 16.6. The van der Waals surface area contributed by atoms with Crippen LogP contribution in [0.15, 0.2) is 30.6 Å². The van der Waals surface area contributed by atoms with Crippen molar-refractivity contribution in [3.05, 3.63) is 40.7 Å². The lowest BCUT2D eigenvalue weighted by atomic mass is 10.1. The van der Waals surface area contributed by atoms with Gasteiger partial charge < -0.3 is 10.4 Å². The van der Waals surface area contributed by atoms with Crippen LogP contribution in [0.3, 0.4) is 0 Å². The van der Waals surface area contributed by atoms with Crippen LogP contribution in [0, 0.1) is 16.0 Å². The van der Waals surface area contributed by atoms with Crippen molar-refractivity contribution < 1.29 is 14.8 Å². The molecular formula is C13H13N3O4. The second-order valence-electron chi connectivity index (χ2n) is 4.43. The Morgan fingerprint density at radius 1 is 1.45 bits per heavy atom. The van der Waals surface area contributed by atoms with E-state index in [4.69, 9.17) is 5.11 Å². The van der Waals surface area contributed by atoms with Crippen LogP contribution in [-0.4, -0.2) is 27.5 Å². The van der Waals surface area contributed by atoms with Gasteiger partial charge in [0.15, 0.2) is 0 Å². The van der Waals surface area contributed by atoms with E-state index in [2.05, 4.69) is 10.3 Å². The summed E-state index contributed by atoms with van der Waals surface area (Å²) in [6, 6.07) is 4.53. The number of pyridine rings is 1. The number of nitro groups is 1. The Morgan fingerprint density at radius 2 is 2.20 bits per heavy atom. The first-order chi connectivity index (χ1) is 9.50. The summed E-state index contributed by atoms with van der Waals surface area (Å²) in [7, 11) is 0. The molecule has 2 rings (SSSR count). The summed E-state index contributed by atoms with van der Waals surface area (Å²) in [5.41, 5.74) is 0.631. The molecule has 7 heteroatoms. The number of aliphatic carboxylic acids is 1. The van der Waals surface area contributed by atoms with Gasteiger partial charge in [-0.1, -0.05) is 6.92 Å². The van der Waals surface area contributed by atoms with Crippen LogP contribution < -0.4 is 5.32 Å². The van der Waals surface area contributed by atoms with E-state index in [1.165, 1.54) is 18.5 Å². The molecular weight excluding hydrogens is 262 g/mol. The molecule has 0 radical (unpaired) electrons. The number of fused-ring (bicyclic) bond motifs is 1. The number of carboxylic acid groups (broad SMARTS) is 1. The number of rotatable bonds is 5. The van der Waals surface area contributed by atoms with Crippen LogP contribution in [0.25, 0.3) is 10.8 Å². The number of nitrogens with zero attached hydrogens (tertiary/aromatic N) is 2. The van der Waals surface area contributed by atoms with Crippen LogP contribution in [0.1, 0.15) is 6.92 Å². The molecule has 1 atom stereocenters. The Balaban J connectivity index is 2.38. The summed E-state index contributed by atoms with van der Waals surface area (Å²) in [6.45, 7) is 1.82. The van der Waals surface area contributed by atoms with Crippen LogP contribution in [-0.2, 0) is 4.79 Å². The van der Waals surface area contributed by atoms with Crippen LogP contribution in [0.5, 0.6) is 0 Å². The summed E-state index contributed by atoms with van der Waals surface area (Å²) in [5, 5.41) is 23.9. The minimum Gasteiger partial charge on any atom is -0.481 e. The third-order valence-corrected chi connectivity index (χ3v) is 3.01. The summed E-state index contributed by atoms with van der Waals surface area (Å²) in [5.74, 6) is -1.46. The zero-order valence-electron chi connectivity index (χ0n) is 10.7. The molecule has 0 aliphatic heterocycles. The van der Waals surface area contributed by atoms with E-state index in [-0.39, 0.29) is 12.2 Å². The molecule has 0 spiro atoms.